The normalized spacial score (nSPS) is 14.0. The molecule has 4 nitrogen and oxygen atoms in total. The van der Waals surface area contributed by atoms with Crippen LogP contribution in [0.3, 0.4) is 0 Å². The van der Waals surface area contributed by atoms with Crippen molar-refractivity contribution in [1.29, 1.82) is 0 Å². The quantitative estimate of drug-likeness (QED) is 0.834. The summed E-state index contributed by atoms with van der Waals surface area (Å²) in [4.78, 5) is 15.8. The fraction of sp³-hybridized carbons (Fsp3) is 0.286. The fourth-order valence-electron chi connectivity index (χ4n) is 2.46. The van der Waals surface area contributed by atoms with Gasteiger partial charge in [0.15, 0.2) is 0 Å². The molecule has 1 aliphatic carbocycles. The largest absolute Gasteiger partial charge is 0.331 e. The highest BCUT2D eigenvalue weighted by Gasteiger charge is 2.14. The summed E-state index contributed by atoms with van der Waals surface area (Å²) in [5.41, 5.74) is 3.59. The molecule has 3 rings (SSSR count). The van der Waals surface area contributed by atoms with Crippen molar-refractivity contribution in [2.24, 2.45) is 0 Å². The maximum Gasteiger partial charge on any atom is 0.331 e. The smallest absolute Gasteiger partial charge is 0.307 e. The minimum atomic E-state index is -0.161. The number of imidazole rings is 1. The first-order valence-electron chi connectivity index (χ1n) is 6.24. The topological polar surface area (TPSA) is 46.9 Å². The van der Waals surface area contributed by atoms with Crippen molar-refractivity contribution in [3.63, 3.8) is 0 Å². The second kappa shape index (κ2) is 4.64. The summed E-state index contributed by atoms with van der Waals surface area (Å²) in [5, 5.41) is 2.96. The number of aryl methyl sites for hydroxylation is 1. The molecule has 0 radical (unpaired) electrons. The van der Waals surface area contributed by atoms with Crippen molar-refractivity contribution in [2.45, 2.75) is 25.7 Å². The number of rotatable bonds is 1. The van der Waals surface area contributed by atoms with E-state index < -0.39 is 0 Å². The minimum Gasteiger partial charge on any atom is -0.307 e. The van der Waals surface area contributed by atoms with Crippen molar-refractivity contribution in [3.05, 3.63) is 48.0 Å². The number of nitrogens with zero attached hydrogens (tertiary/aromatic N) is 2. The van der Waals surface area contributed by atoms with Crippen molar-refractivity contribution in [1.82, 2.24) is 9.55 Å². The van der Waals surface area contributed by atoms with Crippen LogP contribution in [0.15, 0.2) is 36.9 Å². The summed E-state index contributed by atoms with van der Waals surface area (Å²) < 4.78 is 1.45. The molecule has 1 N–H and O–H groups in total. The molecule has 1 aliphatic rings. The average Bonchev–Trinajstić information content (AvgIpc) is 2.93. The molecule has 1 aromatic heterocycles. The van der Waals surface area contributed by atoms with Gasteiger partial charge in [0.1, 0.15) is 6.33 Å². The molecule has 1 amide bonds. The molecule has 0 atom stereocenters. The lowest BCUT2D eigenvalue weighted by atomic mass is 9.90. The Morgan fingerprint density at radius 1 is 1.28 bits per heavy atom. The molecule has 0 unspecified atom stereocenters. The predicted octanol–water partition coefficient (Wildman–Crippen LogP) is 2.84. The number of aromatic nitrogens is 2. The third-order valence-electron chi connectivity index (χ3n) is 3.38. The first kappa shape index (κ1) is 11.0. The second-order valence-corrected chi connectivity index (χ2v) is 4.55. The van der Waals surface area contributed by atoms with Crippen molar-refractivity contribution < 1.29 is 4.79 Å². The molecule has 1 heterocycles. The molecule has 4 heteroatoms. The fourth-order valence-corrected chi connectivity index (χ4v) is 2.46. The number of carbonyl (C=O) groups is 1. The van der Waals surface area contributed by atoms with Crippen LogP contribution in [0.1, 0.15) is 24.0 Å². The summed E-state index contributed by atoms with van der Waals surface area (Å²) in [6.45, 7) is 0. The molecule has 0 saturated heterocycles. The van der Waals surface area contributed by atoms with Crippen LogP contribution in [0.5, 0.6) is 0 Å². The van der Waals surface area contributed by atoms with Gasteiger partial charge in [0.2, 0.25) is 0 Å². The van der Waals surface area contributed by atoms with E-state index >= 15 is 0 Å². The van der Waals surface area contributed by atoms with E-state index in [9.17, 15) is 4.79 Å². The van der Waals surface area contributed by atoms with E-state index in [1.54, 1.807) is 12.4 Å². The molecule has 0 saturated carbocycles. The third kappa shape index (κ3) is 2.01. The molecule has 0 fully saturated rings. The Hall–Kier alpha value is -2.10. The van der Waals surface area contributed by atoms with Crippen LogP contribution in [-0.4, -0.2) is 15.6 Å². The summed E-state index contributed by atoms with van der Waals surface area (Å²) in [6.07, 6.45) is 9.35. The van der Waals surface area contributed by atoms with Gasteiger partial charge < -0.3 is 5.32 Å². The second-order valence-electron chi connectivity index (χ2n) is 4.55. The van der Waals surface area contributed by atoms with Crippen LogP contribution in [0.2, 0.25) is 0 Å². The Balaban J connectivity index is 1.87. The first-order valence-corrected chi connectivity index (χ1v) is 6.24. The standard InChI is InChI=1S/C14H15N3O/c18-14(17-9-8-15-10-17)16-13-7-3-5-11-4-1-2-6-12(11)13/h3,5,7-10H,1-2,4,6H2,(H,16,18). The van der Waals surface area contributed by atoms with E-state index in [0.717, 1.165) is 18.5 Å². The Kier molecular flexibility index (Phi) is 2.84. The number of carbonyl (C=O) groups excluding carboxylic acids is 1. The molecule has 0 spiro atoms. The van der Waals surface area contributed by atoms with Crippen LogP contribution in [0.25, 0.3) is 0 Å². The Morgan fingerprint density at radius 2 is 2.17 bits per heavy atom. The number of benzene rings is 1. The third-order valence-corrected chi connectivity index (χ3v) is 3.38. The van der Waals surface area contributed by atoms with E-state index in [0.29, 0.717) is 0 Å². The number of anilines is 1. The molecule has 2 aromatic rings. The van der Waals surface area contributed by atoms with Gasteiger partial charge in [-0.25, -0.2) is 9.78 Å². The molecule has 92 valence electrons. The predicted molar refractivity (Wildman–Crippen MR) is 69.7 cm³/mol. The van der Waals surface area contributed by atoms with Crippen molar-refractivity contribution in [2.75, 3.05) is 5.32 Å². The Morgan fingerprint density at radius 3 is 3.00 bits per heavy atom. The summed E-state index contributed by atoms with van der Waals surface area (Å²) in [7, 11) is 0. The van der Waals surface area contributed by atoms with Gasteiger partial charge in [0.05, 0.1) is 0 Å². The number of fused-ring (bicyclic) bond motifs is 1. The van der Waals surface area contributed by atoms with E-state index in [2.05, 4.69) is 16.4 Å². The maximum absolute atomic E-state index is 12.0. The van der Waals surface area contributed by atoms with Gasteiger partial charge in [-0.3, -0.25) is 4.57 Å². The number of nitrogens with one attached hydrogen (secondary N) is 1. The summed E-state index contributed by atoms with van der Waals surface area (Å²) in [5.74, 6) is 0. The van der Waals surface area contributed by atoms with Gasteiger partial charge in [0.25, 0.3) is 0 Å². The highest BCUT2D eigenvalue weighted by atomic mass is 16.2. The molecule has 18 heavy (non-hydrogen) atoms. The highest BCUT2D eigenvalue weighted by Crippen LogP contribution is 2.27. The zero-order chi connectivity index (χ0) is 12.4. The SMILES string of the molecule is O=C(Nc1cccc2c1CCCC2)n1ccnc1. The van der Waals surface area contributed by atoms with E-state index in [1.807, 2.05) is 12.1 Å². The van der Waals surface area contributed by atoms with Crippen LogP contribution in [0, 0.1) is 0 Å². The summed E-state index contributed by atoms with van der Waals surface area (Å²) >= 11 is 0. The average molecular weight is 241 g/mol. The molecule has 0 bridgehead atoms. The minimum absolute atomic E-state index is 0.161. The first-order chi connectivity index (χ1) is 8.84. The van der Waals surface area contributed by atoms with E-state index in [4.69, 9.17) is 0 Å². The van der Waals surface area contributed by atoms with Crippen molar-refractivity contribution in [3.8, 4) is 0 Å². The van der Waals surface area contributed by atoms with Crippen LogP contribution in [-0.2, 0) is 12.8 Å². The van der Waals surface area contributed by atoms with Crippen LogP contribution in [0.4, 0.5) is 10.5 Å². The molecule has 1 aromatic carbocycles. The monoisotopic (exact) mass is 241 g/mol. The Bertz CT molecular complexity index is 560. The molecular weight excluding hydrogens is 226 g/mol. The lowest BCUT2D eigenvalue weighted by Gasteiger charge is -2.19. The van der Waals surface area contributed by atoms with Gasteiger partial charge in [0, 0.05) is 18.1 Å². The van der Waals surface area contributed by atoms with Gasteiger partial charge in [-0.05, 0) is 42.9 Å². The van der Waals surface area contributed by atoms with Crippen LogP contribution >= 0.6 is 0 Å². The van der Waals surface area contributed by atoms with Gasteiger partial charge in [-0.2, -0.15) is 0 Å². The van der Waals surface area contributed by atoms with E-state index in [-0.39, 0.29) is 6.03 Å². The molecular formula is C14H15N3O. The number of hydrogen-bond acceptors (Lipinski definition) is 2. The molecule has 0 aliphatic heterocycles. The Labute approximate surface area is 106 Å². The summed E-state index contributed by atoms with van der Waals surface area (Å²) in [6, 6.07) is 5.97. The van der Waals surface area contributed by atoms with Crippen LogP contribution < -0.4 is 5.32 Å². The van der Waals surface area contributed by atoms with E-state index in [1.165, 1.54) is 34.9 Å². The lowest BCUT2D eigenvalue weighted by Crippen LogP contribution is -2.19. The highest BCUT2D eigenvalue weighted by molar-refractivity contribution is 5.91. The zero-order valence-electron chi connectivity index (χ0n) is 10.1. The number of hydrogen-bond donors (Lipinski definition) is 1. The van der Waals surface area contributed by atoms with Gasteiger partial charge in [-0.1, -0.05) is 12.1 Å². The lowest BCUT2D eigenvalue weighted by molar-refractivity contribution is 0.253. The zero-order valence-corrected chi connectivity index (χ0v) is 10.1. The van der Waals surface area contributed by atoms with Gasteiger partial charge in [-0.15, -0.1) is 0 Å². The van der Waals surface area contributed by atoms with Gasteiger partial charge >= 0.3 is 6.03 Å². The number of amides is 1. The van der Waals surface area contributed by atoms with Crippen molar-refractivity contribution >= 4 is 11.7 Å². The maximum atomic E-state index is 12.0.